The van der Waals surface area contributed by atoms with Gasteiger partial charge >= 0.3 is 0 Å². The third-order valence-electron chi connectivity index (χ3n) is 4.08. The average Bonchev–Trinajstić information content (AvgIpc) is 2.69. The van der Waals surface area contributed by atoms with Crippen molar-refractivity contribution in [2.45, 2.75) is 44.9 Å². The molecule has 0 aromatic heterocycles. The predicted molar refractivity (Wildman–Crippen MR) is 86.2 cm³/mol. The van der Waals surface area contributed by atoms with E-state index in [0.717, 1.165) is 18.4 Å². The largest absolute Gasteiger partial charge is 0.491 e. The van der Waals surface area contributed by atoms with E-state index in [2.05, 4.69) is 19.2 Å². The number of rotatable bonds is 6. The van der Waals surface area contributed by atoms with E-state index in [-0.39, 0.29) is 11.3 Å². The number of carbonyl (C=O) groups excluding carboxylic acids is 1. The van der Waals surface area contributed by atoms with Crippen molar-refractivity contribution in [3.8, 4) is 5.75 Å². The molecule has 2 rings (SSSR count). The van der Waals surface area contributed by atoms with Crippen LogP contribution in [0.1, 0.15) is 60.8 Å². The summed E-state index contributed by atoms with van der Waals surface area (Å²) in [4.78, 5) is 12.1. The lowest BCUT2D eigenvalue weighted by Crippen LogP contribution is -2.24. The molecule has 0 spiro atoms. The van der Waals surface area contributed by atoms with E-state index in [1.165, 1.54) is 12.8 Å². The first-order chi connectivity index (χ1) is 10.2. The molecule has 1 heterocycles. The van der Waals surface area contributed by atoms with Crippen LogP contribution < -0.4 is 10.1 Å². The van der Waals surface area contributed by atoms with Crippen LogP contribution >= 0.6 is 11.6 Å². The van der Waals surface area contributed by atoms with Crippen LogP contribution in [-0.4, -0.2) is 19.1 Å². The number of fused-ring (bicyclic) bond motifs is 1. The fourth-order valence-electron chi connectivity index (χ4n) is 2.74. The molecule has 3 nitrogen and oxygen atoms in total. The van der Waals surface area contributed by atoms with Gasteiger partial charge in [-0.15, -0.1) is 11.6 Å². The smallest absolute Gasteiger partial charge is 0.255 e. The van der Waals surface area contributed by atoms with Crippen molar-refractivity contribution >= 4 is 17.5 Å². The summed E-state index contributed by atoms with van der Waals surface area (Å²) in [5.74, 6) is 1.02. The highest BCUT2D eigenvalue weighted by molar-refractivity contribution is 6.21. The van der Waals surface area contributed by atoms with Crippen molar-refractivity contribution in [1.29, 1.82) is 0 Å². The third-order valence-corrected chi connectivity index (χ3v) is 4.69. The van der Waals surface area contributed by atoms with Gasteiger partial charge < -0.3 is 10.1 Å². The molecule has 21 heavy (non-hydrogen) atoms. The Bertz CT molecular complexity index is 490. The molecule has 4 heteroatoms. The zero-order chi connectivity index (χ0) is 15.2. The van der Waals surface area contributed by atoms with Gasteiger partial charge in [0.05, 0.1) is 17.5 Å². The van der Waals surface area contributed by atoms with Gasteiger partial charge in [-0.25, -0.2) is 0 Å². The Balaban J connectivity index is 2.21. The Morgan fingerprint density at radius 3 is 2.90 bits per heavy atom. The molecule has 1 amide bonds. The Kier molecular flexibility index (Phi) is 5.92. The fourth-order valence-corrected chi connectivity index (χ4v) is 3.18. The summed E-state index contributed by atoms with van der Waals surface area (Å²) in [7, 11) is 0. The van der Waals surface area contributed by atoms with E-state index < -0.39 is 0 Å². The average molecular weight is 310 g/mol. The van der Waals surface area contributed by atoms with E-state index in [0.29, 0.717) is 30.4 Å². The van der Waals surface area contributed by atoms with Crippen LogP contribution in [0.4, 0.5) is 0 Å². The Morgan fingerprint density at radius 1 is 1.38 bits per heavy atom. The Morgan fingerprint density at radius 2 is 2.19 bits per heavy atom. The Labute approximate surface area is 132 Å². The number of nitrogens with one attached hydrogen (secondary N) is 1. The van der Waals surface area contributed by atoms with Crippen LogP contribution in [0.2, 0.25) is 0 Å². The minimum absolute atomic E-state index is 0.0529. The molecule has 2 unspecified atom stereocenters. The second kappa shape index (κ2) is 7.69. The molecule has 0 saturated carbocycles. The van der Waals surface area contributed by atoms with Gasteiger partial charge in [-0.3, -0.25) is 4.79 Å². The molecule has 1 aliphatic rings. The maximum Gasteiger partial charge on any atom is 0.255 e. The van der Waals surface area contributed by atoms with Gasteiger partial charge in [-0.1, -0.05) is 39.2 Å². The standard InChI is InChI=1S/C17H24ClNO2/c1-3-5-6-12(4-2)16(18)13-7-8-15-14(11-13)17(20)19-9-10-21-15/h7-8,11-12,16H,3-6,9-10H2,1-2H3,(H,19,20). The van der Waals surface area contributed by atoms with Crippen LogP contribution in [0, 0.1) is 5.92 Å². The van der Waals surface area contributed by atoms with E-state index in [1.807, 2.05) is 18.2 Å². The van der Waals surface area contributed by atoms with Crippen LogP contribution in [-0.2, 0) is 0 Å². The number of amides is 1. The topological polar surface area (TPSA) is 38.3 Å². The summed E-state index contributed by atoms with van der Waals surface area (Å²) < 4.78 is 5.58. The van der Waals surface area contributed by atoms with Gasteiger partial charge in [0.2, 0.25) is 0 Å². The molecule has 0 aliphatic carbocycles. The molecule has 0 radical (unpaired) electrons. The van der Waals surface area contributed by atoms with Gasteiger partial charge in [0.25, 0.3) is 5.91 Å². The van der Waals surface area contributed by atoms with Gasteiger partial charge in [-0.2, -0.15) is 0 Å². The lowest BCUT2D eigenvalue weighted by molar-refractivity contribution is 0.0957. The van der Waals surface area contributed by atoms with Crippen molar-refractivity contribution in [2.24, 2.45) is 5.92 Å². The number of unbranched alkanes of at least 4 members (excludes halogenated alkanes) is 1. The van der Waals surface area contributed by atoms with Gasteiger partial charge in [0, 0.05) is 0 Å². The number of carbonyl (C=O) groups is 1. The van der Waals surface area contributed by atoms with Gasteiger partial charge in [0.1, 0.15) is 12.4 Å². The second-order valence-electron chi connectivity index (χ2n) is 5.57. The summed E-state index contributed by atoms with van der Waals surface area (Å²) in [6.07, 6.45) is 4.55. The van der Waals surface area contributed by atoms with Crippen molar-refractivity contribution < 1.29 is 9.53 Å². The molecule has 1 N–H and O–H groups in total. The molecular formula is C17H24ClNO2. The SMILES string of the molecule is CCCCC(CC)C(Cl)c1ccc2c(c1)C(=O)NCCO2. The van der Waals surface area contributed by atoms with Crippen molar-refractivity contribution in [1.82, 2.24) is 5.32 Å². The molecule has 0 saturated heterocycles. The maximum atomic E-state index is 12.1. The molecule has 0 bridgehead atoms. The predicted octanol–water partition coefficient (Wildman–Crippen LogP) is 4.31. The van der Waals surface area contributed by atoms with Crippen molar-refractivity contribution in [3.05, 3.63) is 29.3 Å². The van der Waals surface area contributed by atoms with Gasteiger partial charge in [-0.05, 0) is 30.0 Å². The van der Waals surface area contributed by atoms with Crippen LogP contribution in [0.3, 0.4) is 0 Å². The minimum atomic E-state index is -0.0742. The summed E-state index contributed by atoms with van der Waals surface area (Å²) in [5, 5.41) is 2.78. The van der Waals surface area contributed by atoms with Crippen molar-refractivity contribution in [2.75, 3.05) is 13.2 Å². The summed E-state index contributed by atoms with van der Waals surface area (Å²) >= 11 is 6.67. The molecular weight excluding hydrogens is 286 g/mol. The first-order valence-corrected chi connectivity index (χ1v) is 8.30. The van der Waals surface area contributed by atoms with E-state index in [1.54, 1.807) is 0 Å². The Hall–Kier alpha value is -1.22. The lowest BCUT2D eigenvalue weighted by Gasteiger charge is -2.22. The zero-order valence-corrected chi connectivity index (χ0v) is 13.6. The number of hydrogen-bond acceptors (Lipinski definition) is 2. The van der Waals surface area contributed by atoms with Crippen molar-refractivity contribution in [3.63, 3.8) is 0 Å². The first-order valence-electron chi connectivity index (χ1n) is 7.86. The second-order valence-corrected chi connectivity index (χ2v) is 6.04. The quantitative estimate of drug-likeness (QED) is 0.795. The lowest BCUT2D eigenvalue weighted by atomic mass is 9.90. The van der Waals surface area contributed by atoms with Crippen LogP contribution in [0.15, 0.2) is 18.2 Å². The molecule has 1 aromatic carbocycles. The van der Waals surface area contributed by atoms with E-state index in [9.17, 15) is 4.79 Å². The summed E-state index contributed by atoms with van der Waals surface area (Å²) in [5.41, 5.74) is 1.61. The molecule has 116 valence electrons. The maximum absolute atomic E-state index is 12.1. The summed E-state index contributed by atoms with van der Waals surface area (Å²) in [6, 6.07) is 5.75. The van der Waals surface area contributed by atoms with Crippen LogP contribution in [0.5, 0.6) is 5.75 Å². The number of hydrogen-bond donors (Lipinski definition) is 1. The van der Waals surface area contributed by atoms with Crippen LogP contribution in [0.25, 0.3) is 0 Å². The third kappa shape index (κ3) is 3.91. The molecule has 1 aliphatic heterocycles. The number of ether oxygens (including phenoxy) is 1. The van der Waals surface area contributed by atoms with Gasteiger partial charge in [0.15, 0.2) is 0 Å². The molecule has 1 aromatic rings. The number of benzene rings is 1. The number of halogens is 1. The van der Waals surface area contributed by atoms with E-state index >= 15 is 0 Å². The highest BCUT2D eigenvalue weighted by Crippen LogP contribution is 2.36. The molecule has 2 atom stereocenters. The normalized spacial score (nSPS) is 17.2. The van der Waals surface area contributed by atoms with E-state index in [4.69, 9.17) is 16.3 Å². The fraction of sp³-hybridized carbons (Fsp3) is 0.588. The minimum Gasteiger partial charge on any atom is -0.491 e. The highest BCUT2D eigenvalue weighted by Gasteiger charge is 2.23. The first kappa shape index (κ1) is 16.2. The number of alkyl halides is 1. The monoisotopic (exact) mass is 309 g/mol. The molecule has 0 fully saturated rings. The highest BCUT2D eigenvalue weighted by atomic mass is 35.5. The summed E-state index contributed by atoms with van der Waals surface area (Å²) in [6.45, 7) is 5.42. The zero-order valence-electron chi connectivity index (χ0n) is 12.8.